The summed E-state index contributed by atoms with van der Waals surface area (Å²) >= 11 is 5.30. The van der Waals surface area contributed by atoms with Crippen molar-refractivity contribution in [2.75, 3.05) is 92.4 Å². The van der Waals surface area contributed by atoms with E-state index in [4.69, 9.17) is 64.0 Å². The van der Waals surface area contributed by atoms with Gasteiger partial charge in [0.15, 0.2) is 0 Å². The standard InChI is InChI=1S/C42H62N3O12PS/c1-6-22-51-28-31-54-25-10-12-37(46)14-17-42(18-15-39(47)43-20-26-55-32-29-52-23-7-2,19-16-40(48)44-21-27-56-33-30-53-24-8-3)45-41(49)36-11-9-13-38(34-36)57-58(50,59)35(4)5/h1-3,9,11,13,34-35H,10,12,14-33H2,4-5H3,(H,43,47)(H,44,48)(H,45,49)(H,50,59). The summed E-state index contributed by atoms with van der Waals surface area (Å²) in [6.45, 7) is 4.06. The summed E-state index contributed by atoms with van der Waals surface area (Å²) in [4.78, 5) is 64.1. The fourth-order valence-corrected chi connectivity index (χ4v) is 6.05. The number of rotatable bonds is 36. The molecule has 0 aliphatic rings. The molecule has 1 atom stereocenters. The first-order valence-corrected chi connectivity index (χ1v) is 22.4. The van der Waals surface area contributed by atoms with Crippen molar-refractivity contribution >= 4 is 41.8 Å². The van der Waals surface area contributed by atoms with Crippen LogP contribution in [0.25, 0.3) is 0 Å². The SMILES string of the molecule is C#CCOCCOCCCC(=O)CCC(CCC(=O)NCCOCCOCC#C)(CCC(=O)NCCOCCOCC#C)NC(=O)c1cccc(OP(O)(=S)C(C)C)c1. The third-order valence-corrected chi connectivity index (χ3v) is 11.7. The number of hydrogen-bond acceptors (Lipinski definition) is 12. The van der Waals surface area contributed by atoms with Crippen molar-refractivity contribution in [3.8, 4) is 42.8 Å². The molecule has 0 heterocycles. The molecule has 17 heteroatoms. The predicted octanol–water partition coefficient (Wildman–Crippen LogP) is 3.17. The van der Waals surface area contributed by atoms with Gasteiger partial charge in [0.05, 0.1) is 52.9 Å². The topological polar surface area (TPSA) is 189 Å². The monoisotopic (exact) mass is 863 g/mol. The quantitative estimate of drug-likeness (QED) is 0.0438. The van der Waals surface area contributed by atoms with Gasteiger partial charge in [0.25, 0.3) is 5.91 Å². The Morgan fingerprint density at radius 1 is 0.712 bits per heavy atom. The highest BCUT2D eigenvalue weighted by molar-refractivity contribution is 8.09. The molecule has 0 aromatic heterocycles. The van der Waals surface area contributed by atoms with Crippen LogP contribution in [0.15, 0.2) is 24.3 Å². The van der Waals surface area contributed by atoms with Gasteiger partial charge in [0, 0.05) is 62.1 Å². The molecule has 0 radical (unpaired) electrons. The Hall–Kier alpha value is -3.85. The van der Waals surface area contributed by atoms with E-state index in [-0.39, 0.29) is 126 Å². The van der Waals surface area contributed by atoms with Crippen LogP contribution in [0.2, 0.25) is 0 Å². The van der Waals surface area contributed by atoms with Gasteiger partial charge >= 0.3 is 0 Å². The minimum atomic E-state index is -3.20. The molecule has 3 amide bonds. The number of benzene rings is 1. The number of Topliss-reactive ketones (excluding diaryl/α,β-unsaturated/α-hetero) is 1. The zero-order valence-corrected chi connectivity index (χ0v) is 36.2. The van der Waals surface area contributed by atoms with Crippen molar-refractivity contribution < 1.29 is 57.0 Å². The minimum Gasteiger partial charge on any atom is -0.443 e. The number of carbonyl (C=O) groups is 4. The van der Waals surface area contributed by atoms with Gasteiger partial charge in [0.1, 0.15) is 31.4 Å². The Balaban J connectivity index is 3.18. The Kier molecular flexibility index (Phi) is 29.7. The highest BCUT2D eigenvalue weighted by atomic mass is 32.5. The molecule has 0 aliphatic heterocycles. The molecule has 15 nitrogen and oxygen atoms in total. The maximum Gasteiger partial charge on any atom is 0.251 e. The van der Waals surface area contributed by atoms with E-state index < -0.39 is 17.9 Å². The highest BCUT2D eigenvalue weighted by Gasteiger charge is 2.34. The first-order valence-electron chi connectivity index (χ1n) is 19.6. The van der Waals surface area contributed by atoms with Crippen LogP contribution in [0, 0.1) is 37.0 Å². The summed E-state index contributed by atoms with van der Waals surface area (Å²) in [5, 5.41) is 8.71. The number of terminal acetylenes is 3. The number of ketones is 1. The average Bonchev–Trinajstić information content (AvgIpc) is 3.21. The van der Waals surface area contributed by atoms with Gasteiger partial charge < -0.3 is 53.8 Å². The van der Waals surface area contributed by atoms with E-state index in [2.05, 4.69) is 33.7 Å². The number of hydrogen-bond donors (Lipinski definition) is 4. The molecule has 1 unspecified atom stereocenters. The lowest BCUT2D eigenvalue weighted by Gasteiger charge is -2.35. The largest absolute Gasteiger partial charge is 0.443 e. The van der Waals surface area contributed by atoms with Crippen molar-refractivity contribution in [3.05, 3.63) is 29.8 Å². The fraction of sp³-hybridized carbons (Fsp3) is 0.619. The van der Waals surface area contributed by atoms with Gasteiger partial charge in [-0.1, -0.05) is 37.7 Å². The van der Waals surface area contributed by atoms with E-state index in [1.807, 2.05) is 0 Å². The van der Waals surface area contributed by atoms with E-state index in [1.165, 1.54) is 6.07 Å². The molecule has 0 spiro atoms. The van der Waals surface area contributed by atoms with Gasteiger partial charge in [-0.15, -0.1) is 19.3 Å². The smallest absolute Gasteiger partial charge is 0.251 e. The fourth-order valence-electron chi connectivity index (χ4n) is 5.16. The second-order valence-electron chi connectivity index (χ2n) is 13.5. The van der Waals surface area contributed by atoms with Crippen LogP contribution in [0.3, 0.4) is 0 Å². The zero-order chi connectivity index (χ0) is 43.6. The van der Waals surface area contributed by atoms with E-state index in [0.717, 1.165) is 0 Å². The molecule has 59 heavy (non-hydrogen) atoms. The van der Waals surface area contributed by atoms with Crippen LogP contribution < -0.4 is 20.5 Å². The summed E-state index contributed by atoms with van der Waals surface area (Å²) in [6.07, 6.45) is 16.6. The Morgan fingerprint density at radius 2 is 1.19 bits per heavy atom. The maximum atomic E-state index is 14.0. The van der Waals surface area contributed by atoms with Crippen LogP contribution >= 0.6 is 6.49 Å². The van der Waals surface area contributed by atoms with Crippen molar-refractivity contribution in [2.45, 2.75) is 76.4 Å². The van der Waals surface area contributed by atoms with E-state index in [9.17, 15) is 24.1 Å². The number of amides is 3. The average molecular weight is 864 g/mol. The van der Waals surface area contributed by atoms with E-state index in [0.29, 0.717) is 52.7 Å². The molecular formula is C42H62N3O12PS. The molecule has 0 saturated heterocycles. The van der Waals surface area contributed by atoms with Crippen LogP contribution in [0.1, 0.15) is 75.6 Å². The summed E-state index contributed by atoms with van der Waals surface area (Å²) in [5.41, 5.74) is -1.31. The van der Waals surface area contributed by atoms with Gasteiger partial charge in [-0.3, -0.25) is 19.2 Å². The Bertz CT molecular complexity index is 1460. The molecular weight excluding hydrogens is 802 g/mol. The van der Waals surface area contributed by atoms with Gasteiger partial charge in [-0.25, -0.2) is 0 Å². The second-order valence-corrected chi connectivity index (χ2v) is 17.4. The van der Waals surface area contributed by atoms with E-state index in [1.54, 1.807) is 32.0 Å². The van der Waals surface area contributed by atoms with Gasteiger partial charge in [-0.05, 0) is 55.7 Å². The van der Waals surface area contributed by atoms with Crippen LogP contribution in [-0.2, 0) is 54.6 Å². The molecule has 0 aliphatic carbocycles. The third kappa shape index (κ3) is 26.8. The third-order valence-electron chi connectivity index (χ3n) is 8.46. The van der Waals surface area contributed by atoms with Gasteiger partial charge in [-0.2, -0.15) is 0 Å². The maximum absolute atomic E-state index is 14.0. The van der Waals surface area contributed by atoms with Crippen molar-refractivity contribution in [1.29, 1.82) is 0 Å². The van der Waals surface area contributed by atoms with Crippen LogP contribution in [0.5, 0.6) is 5.75 Å². The predicted molar refractivity (Wildman–Crippen MR) is 228 cm³/mol. The Morgan fingerprint density at radius 3 is 1.68 bits per heavy atom. The van der Waals surface area contributed by atoms with E-state index >= 15 is 0 Å². The Labute approximate surface area is 355 Å². The molecule has 0 fully saturated rings. The van der Waals surface area contributed by atoms with Crippen molar-refractivity contribution in [2.24, 2.45) is 0 Å². The summed E-state index contributed by atoms with van der Waals surface area (Å²) in [5.74, 6) is 6.12. The normalized spacial score (nSPS) is 12.1. The van der Waals surface area contributed by atoms with Crippen LogP contribution in [-0.4, -0.2) is 132 Å². The molecule has 1 aromatic rings. The number of ether oxygens (including phenoxy) is 6. The lowest BCUT2D eigenvalue weighted by atomic mass is 9.82. The van der Waals surface area contributed by atoms with Crippen LogP contribution in [0.4, 0.5) is 0 Å². The summed E-state index contributed by atoms with van der Waals surface area (Å²) in [7, 11) is 0. The molecule has 0 bridgehead atoms. The van der Waals surface area contributed by atoms with Gasteiger partial charge in [0.2, 0.25) is 18.3 Å². The first-order chi connectivity index (χ1) is 28.4. The minimum absolute atomic E-state index is 0.0302. The molecule has 1 rings (SSSR count). The molecule has 4 N–H and O–H groups in total. The van der Waals surface area contributed by atoms with Crippen molar-refractivity contribution in [1.82, 2.24) is 16.0 Å². The lowest BCUT2D eigenvalue weighted by molar-refractivity contribution is -0.121. The highest BCUT2D eigenvalue weighted by Crippen LogP contribution is 2.47. The zero-order valence-electron chi connectivity index (χ0n) is 34.5. The number of nitrogens with one attached hydrogen (secondary N) is 3. The lowest BCUT2D eigenvalue weighted by Crippen LogP contribution is -2.50. The summed E-state index contributed by atoms with van der Waals surface area (Å²) < 4.78 is 37.8. The molecule has 0 saturated carbocycles. The second kappa shape index (κ2) is 32.9. The van der Waals surface area contributed by atoms with Crippen molar-refractivity contribution in [3.63, 3.8) is 0 Å². The number of carbonyl (C=O) groups excluding carboxylic acids is 4. The molecule has 328 valence electrons. The first kappa shape index (κ1) is 53.2. The molecule has 1 aromatic carbocycles. The summed E-state index contributed by atoms with van der Waals surface area (Å²) in [6, 6.07) is 6.23.